The fourth-order valence-electron chi connectivity index (χ4n) is 1.84. The van der Waals surface area contributed by atoms with Crippen molar-refractivity contribution >= 4 is 12.0 Å². The van der Waals surface area contributed by atoms with Crippen molar-refractivity contribution in [3.8, 4) is 5.75 Å². The predicted molar refractivity (Wildman–Crippen MR) is 88.3 cm³/mol. The summed E-state index contributed by atoms with van der Waals surface area (Å²) >= 11 is 0. The maximum atomic E-state index is 12.2. The molecular weight excluding hydrogens is 262 g/mol. The second-order valence-corrected chi connectivity index (χ2v) is 5.17. The van der Waals surface area contributed by atoms with Gasteiger partial charge in [-0.2, -0.15) is 0 Å². The molecule has 0 spiro atoms. The first-order valence-electron chi connectivity index (χ1n) is 7.31. The largest absolute Gasteiger partial charge is 0.497 e. The molecule has 0 heterocycles. The van der Waals surface area contributed by atoms with Crippen molar-refractivity contribution in [2.75, 3.05) is 20.2 Å². The van der Waals surface area contributed by atoms with Crippen molar-refractivity contribution in [2.24, 2.45) is 0 Å². The molecule has 114 valence electrons. The summed E-state index contributed by atoms with van der Waals surface area (Å²) in [7, 11) is 1.64. The lowest BCUT2D eigenvalue weighted by molar-refractivity contribution is -0.125. The summed E-state index contributed by atoms with van der Waals surface area (Å²) in [6.07, 6.45) is 6.51. The van der Waals surface area contributed by atoms with E-state index in [0.717, 1.165) is 24.3 Å². The highest BCUT2D eigenvalue weighted by atomic mass is 16.5. The average Bonchev–Trinajstić information content (AvgIpc) is 2.49. The smallest absolute Gasteiger partial charge is 0.246 e. The van der Waals surface area contributed by atoms with E-state index in [1.165, 1.54) is 5.57 Å². The Kier molecular flexibility index (Phi) is 7.30. The number of ether oxygens (including phenoxy) is 1. The van der Waals surface area contributed by atoms with Crippen molar-refractivity contribution in [3.63, 3.8) is 0 Å². The van der Waals surface area contributed by atoms with E-state index in [1.54, 1.807) is 13.2 Å². The number of hydrogen-bond acceptors (Lipinski definition) is 2. The second kappa shape index (κ2) is 9.01. The summed E-state index contributed by atoms with van der Waals surface area (Å²) in [4.78, 5) is 14.1. The Bertz CT molecular complexity index is 496. The van der Waals surface area contributed by atoms with Crippen LogP contribution in [0, 0.1) is 0 Å². The molecular formula is C18H25NO2. The fraction of sp³-hybridized carbons (Fsp3) is 0.389. The van der Waals surface area contributed by atoms with Gasteiger partial charge in [-0.3, -0.25) is 4.79 Å². The number of nitrogens with zero attached hydrogens (tertiary/aromatic N) is 1. The van der Waals surface area contributed by atoms with Crippen molar-refractivity contribution in [2.45, 2.75) is 27.2 Å². The molecule has 3 nitrogen and oxygen atoms in total. The highest BCUT2D eigenvalue weighted by molar-refractivity contribution is 5.91. The van der Waals surface area contributed by atoms with Crippen LogP contribution in [0.2, 0.25) is 0 Å². The van der Waals surface area contributed by atoms with Crippen LogP contribution in [0.4, 0.5) is 0 Å². The van der Waals surface area contributed by atoms with Crippen LogP contribution in [0.1, 0.15) is 32.8 Å². The van der Waals surface area contributed by atoms with Gasteiger partial charge >= 0.3 is 0 Å². The first-order valence-corrected chi connectivity index (χ1v) is 7.31. The van der Waals surface area contributed by atoms with E-state index in [0.29, 0.717) is 6.54 Å². The number of benzene rings is 1. The number of carbonyl (C=O) groups excluding carboxylic acids is 1. The highest BCUT2D eigenvalue weighted by Gasteiger charge is 2.07. The predicted octanol–water partition coefficient (Wildman–Crippen LogP) is 3.91. The first kappa shape index (κ1) is 17.0. The van der Waals surface area contributed by atoms with E-state index >= 15 is 0 Å². The molecule has 0 bridgehead atoms. The van der Waals surface area contributed by atoms with E-state index < -0.39 is 0 Å². The zero-order valence-electron chi connectivity index (χ0n) is 13.4. The molecule has 0 atom stereocenters. The Morgan fingerprint density at radius 1 is 1.24 bits per heavy atom. The zero-order chi connectivity index (χ0) is 15.7. The number of hydrogen-bond donors (Lipinski definition) is 0. The third-order valence-electron chi connectivity index (χ3n) is 3.06. The van der Waals surface area contributed by atoms with E-state index in [1.807, 2.05) is 49.1 Å². The van der Waals surface area contributed by atoms with Crippen LogP contribution in [0.15, 0.2) is 42.0 Å². The molecule has 1 rings (SSSR count). The molecule has 1 amide bonds. The minimum atomic E-state index is 0.0465. The van der Waals surface area contributed by atoms with Gasteiger partial charge in [-0.25, -0.2) is 0 Å². The van der Waals surface area contributed by atoms with E-state index in [2.05, 4.69) is 13.0 Å². The Balaban J connectivity index is 2.70. The molecule has 0 aliphatic carbocycles. The normalized spacial score (nSPS) is 10.5. The van der Waals surface area contributed by atoms with Crippen molar-refractivity contribution in [3.05, 3.63) is 47.6 Å². The fourth-order valence-corrected chi connectivity index (χ4v) is 1.84. The van der Waals surface area contributed by atoms with Gasteiger partial charge < -0.3 is 9.64 Å². The van der Waals surface area contributed by atoms with E-state index in [-0.39, 0.29) is 5.91 Å². The number of carbonyl (C=O) groups is 1. The van der Waals surface area contributed by atoms with Gasteiger partial charge in [-0.05, 0) is 44.0 Å². The summed E-state index contributed by atoms with van der Waals surface area (Å²) in [5.74, 6) is 0.861. The van der Waals surface area contributed by atoms with Gasteiger partial charge in [-0.1, -0.05) is 30.7 Å². The van der Waals surface area contributed by atoms with E-state index in [4.69, 9.17) is 4.74 Å². The highest BCUT2D eigenvalue weighted by Crippen LogP contribution is 2.12. The molecule has 21 heavy (non-hydrogen) atoms. The lowest BCUT2D eigenvalue weighted by atomic mass is 10.2. The Hall–Kier alpha value is -2.03. The maximum absolute atomic E-state index is 12.2. The minimum absolute atomic E-state index is 0.0465. The summed E-state index contributed by atoms with van der Waals surface area (Å²) < 4.78 is 5.11. The van der Waals surface area contributed by atoms with Gasteiger partial charge in [-0.15, -0.1) is 0 Å². The zero-order valence-corrected chi connectivity index (χ0v) is 13.4. The summed E-state index contributed by atoms with van der Waals surface area (Å²) in [5, 5.41) is 0. The number of rotatable bonds is 7. The Labute approximate surface area is 127 Å². The van der Waals surface area contributed by atoms with Gasteiger partial charge in [0, 0.05) is 19.2 Å². The third-order valence-corrected chi connectivity index (χ3v) is 3.06. The topological polar surface area (TPSA) is 29.5 Å². The van der Waals surface area contributed by atoms with Gasteiger partial charge in [0.05, 0.1) is 7.11 Å². The molecule has 0 unspecified atom stereocenters. The van der Waals surface area contributed by atoms with Crippen LogP contribution < -0.4 is 4.74 Å². The summed E-state index contributed by atoms with van der Waals surface area (Å²) in [5.41, 5.74) is 2.21. The SMILES string of the molecule is CCCN(CC=C(C)C)C(=O)/C=C/c1ccc(OC)cc1. The summed E-state index contributed by atoms with van der Waals surface area (Å²) in [6, 6.07) is 7.64. The van der Waals surface area contributed by atoms with Gasteiger partial charge in [0.25, 0.3) is 0 Å². The lowest BCUT2D eigenvalue weighted by Gasteiger charge is -2.18. The van der Waals surface area contributed by atoms with Crippen LogP contribution in [0.3, 0.4) is 0 Å². The Morgan fingerprint density at radius 2 is 1.90 bits per heavy atom. The molecule has 0 saturated heterocycles. The summed E-state index contributed by atoms with van der Waals surface area (Å²) in [6.45, 7) is 7.61. The van der Waals surface area contributed by atoms with Crippen molar-refractivity contribution < 1.29 is 9.53 Å². The molecule has 0 aliphatic heterocycles. The van der Waals surface area contributed by atoms with Crippen molar-refractivity contribution in [1.82, 2.24) is 4.90 Å². The quantitative estimate of drug-likeness (QED) is 0.562. The molecule has 0 radical (unpaired) electrons. The van der Waals surface area contributed by atoms with Gasteiger partial charge in [0.15, 0.2) is 0 Å². The molecule has 0 fully saturated rings. The second-order valence-electron chi connectivity index (χ2n) is 5.17. The molecule has 0 aromatic heterocycles. The standard InChI is InChI=1S/C18H25NO2/c1-5-13-19(14-12-15(2)3)18(20)11-8-16-6-9-17(21-4)10-7-16/h6-12H,5,13-14H2,1-4H3/b11-8+. The number of amides is 1. The van der Waals surface area contributed by atoms with Crippen LogP contribution >= 0.6 is 0 Å². The molecule has 0 saturated carbocycles. The van der Waals surface area contributed by atoms with Crippen LogP contribution in [-0.2, 0) is 4.79 Å². The molecule has 0 N–H and O–H groups in total. The number of allylic oxidation sites excluding steroid dienone is 1. The molecule has 1 aromatic rings. The lowest BCUT2D eigenvalue weighted by Crippen LogP contribution is -2.30. The van der Waals surface area contributed by atoms with Gasteiger partial charge in [0.2, 0.25) is 5.91 Å². The minimum Gasteiger partial charge on any atom is -0.497 e. The van der Waals surface area contributed by atoms with Crippen LogP contribution in [0.25, 0.3) is 6.08 Å². The first-order chi connectivity index (χ1) is 10.1. The Morgan fingerprint density at radius 3 is 2.43 bits per heavy atom. The maximum Gasteiger partial charge on any atom is 0.246 e. The monoisotopic (exact) mass is 287 g/mol. The van der Waals surface area contributed by atoms with Crippen LogP contribution in [-0.4, -0.2) is 31.0 Å². The van der Waals surface area contributed by atoms with Crippen molar-refractivity contribution in [1.29, 1.82) is 0 Å². The van der Waals surface area contributed by atoms with Crippen LogP contribution in [0.5, 0.6) is 5.75 Å². The average molecular weight is 287 g/mol. The third kappa shape index (κ3) is 6.30. The van der Waals surface area contributed by atoms with Gasteiger partial charge in [0.1, 0.15) is 5.75 Å². The molecule has 1 aromatic carbocycles. The number of methoxy groups -OCH3 is 1. The molecule has 3 heteroatoms. The van der Waals surface area contributed by atoms with E-state index in [9.17, 15) is 4.79 Å². The molecule has 0 aliphatic rings.